The van der Waals surface area contributed by atoms with Gasteiger partial charge in [0.25, 0.3) is 0 Å². The van der Waals surface area contributed by atoms with Crippen molar-refractivity contribution >= 4 is 29.0 Å². The molecule has 1 saturated heterocycles. The first kappa shape index (κ1) is 16.3. The van der Waals surface area contributed by atoms with Gasteiger partial charge in [0.2, 0.25) is 0 Å². The summed E-state index contributed by atoms with van der Waals surface area (Å²) in [5, 5.41) is 10.5. The summed E-state index contributed by atoms with van der Waals surface area (Å²) < 4.78 is 17.7. The first-order valence-electron chi connectivity index (χ1n) is 7.77. The van der Waals surface area contributed by atoms with Gasteiger partial charge < -0.3 is 20.2 Å². The predicted octanol–water partition coefficient (Wildman–Crippen LogP) is 1.41. The highest BCUT2D eigenvalue weighted by atomic mass is 32.2. The van der Waals surface area contributed by atoms with Gasteiger partial charge in [-0.25, -0.2) is 0 Å². The van der Waals surface area contributed by atoms with Crippen LogP contribution in [0, 0.1) is 5.41 Å². The number of likely N-dealkylation sites (tertiary alicyclic amines) is 1. The fourth-order valence-electron chi connectivity index (χ4n) is 3.14. The van der Waals surface area contributed by atoms with Crippen LogP contribution in [0.5, 0.6) is 0 Å². The Kier molecular flexibility index (Phi) is 4.91. The van der Waals surface area contributed by atoms with Crippen LogP contribution in [0.15, 0.2) is 24.4 Å². The summed E-state index contributed by atoms with van der Waals surface area (Å²) in [7, 11) is 3.92. The van der Waals surface area contributed by atoms with E-state index in [1.54, 1.807) is 6.20 Å². The number of hydrogen-bond acceptors (Lipinski definition) is 6. The molecular weight excluding hydrogens is 310 g/mol. The number of fused-ring (bicyclic) bond motifs is 1. The quantitative estimate of drug-likeness (QED) is 0.574. The molecule has 3 rings (SSSR count). The van der Waals surface area contributed by atoms with Crippen molar-refractivity contribution in [1.29, 1.82) is 5.41 Å². The molecule has 3 N–H and O–H groups in total. The highest BCUT2D eigenvalue weighted by Crippen LogP contribution is 2.32. The molecule has 124 valence electrons. The molecule has 2 unspecified atom stereocenters. The van der Waals surface area contributed by atoms with Crippen molar-refractivity contribution in [3.8, 4) is 0 Å². The molecule has 0 aromatic heterocycles. The number of benzene rings is 1. The van der Waals surface area contributed by atoms with E-state index in [1.807, 2.05) is 23.5 Å². The van der Waals surface area contributed by atoms with Gasteiger partial charge in [0.1, 0.15) is 0 Å². The first-order valence-corrected chi connectivity index (χ1v) is 8.88. The van der Waals surface area contributed by atoms with Crippen LogP contribution in [0.25, 0.3) is 5.57 Å². The Labute approximate surface area is 140 Å². The lowest BCUT2D eigenvalue weighted by Gasteiger charge is -2.33. The summed E-state index contributed by atoms with van der Waals surface area (Å²) in [5.74, 6) is 0. The molecule has 0 amide bonds. The zero-order chi connectivity index (χ0) is 16.4. The number of allylic oxidation sites excluding steroid dienone is 1. The minimum absolute atomic E-state index is 0.336. The normalized spacial score (nSPS) is 25.8. The van der Waals surface area contributed by atoms with E-state index in [0.717, 1.165) is 41.9 Å². The molecule has 2 aliphatic heterocycles. The topological polar surface area (TPSA) is 77.4 Å². The van der Waals surface area contributed by atoms with Gasteiger partial charge in [-0.05, 0) is 37.2 Å². The summed E-state index contributed by atoms with van der Waals surface area (Å²) in [6.07, 6.45) is 4.16. The molecule has 0 saturated carbocycles. The predicted molar refractivity (Wildman–Crippen MR) is 95.5 cm³/mol. The van der Waals surface area contributed by atoms with Crippen LogP contribution in [0.3, 0.4) is 0 Å². The van der Waals surface area contributed by atoms with E-state index in [-0.39, 0.29) is 0 Å². The third-order valence-corrected chi connectivity index (χ3v) is 5.66. The lowest BCUT2D eigenvalue weighted by atomic mass is 10.0. The molecule has 0 bridgehead atoms. The van der Waals surface area contributed by atoms with Gasteiger partial charge >= 0.3 is 0 Å². The molecule has 0 radical (unpaired) electrons. The van der Waals surface area contributed by atoms with Gasteiger partial charge in [-0.1, -0.05) is 16.4 Å². The maximum atomic E-state index is 12.6. The summed E-state index contributed by atoms with van der Waals surface area (Å²) in [4.78, 5) is 2.28. The van der Waals surface area contributed by atoms with E-state index in [2.05, 4.69) is 28.1 Å². The molecule has 2 aliphatic rings. The van der Waals surface area contributed by atoms with Crippen molar-refractivity contribution < 1.29 is 4.55 Å². The number of hydrogen-bond donors (Lipinski definition) is 3. The van der Waals surface area contributed by atoms with E-state index in [4.69, 9.17) is 5.41 Å². The number of rotatable bonds is 4. The van der Waals surface area contributed by atoms with E-state index in [1.165, 1.54) is 6.21 Å². The van der Waals surface area contributed by atoms with Crippen molar-refractivity contribution in [1.82, 2.24) is 14.5 Å². The maximum absolute atomic E-state index is 12.6. The Morgan fingerprint density at radius 1 is 1.52 bits per heavy atom. The van der Waals surface area contributed by atoms with Crippen LogP contribution >= 0.6 is 0 Å². The Bertz CT molecular complexity index is 620. The maximum Gasteiger partial charge on any atom is 0.167 e. The minimum atomic E-state index is -1.21. The van der Waals surface area contributed by atoms with E-state index < -0.39 is 11.5 Å². The lowest BCUT2D eigenvalue weighted by Crippen LogP contribution is -2.46. The van der Waals surface area contributed by atoms with Crippen LogP contribution in [-0.2, 0) is 18.1 Å². The van der Waals surface area contributed by atoms with Gasteiger partial charge in [0.05, 0.1) is 18.3 Å². The average Bonchev–Trinajstić information content (AvgIpc) is 2.97. The molecular formula is C16H23N5OS. The molecule has 0 aliphatic carbocycles. The Morgan fingerprint density at radius 2 is 2.35 bits per heavy atom. The van der Waals surface area contributed by atoms with Crippen LogP contribution in [0.4, 0.5) is 5.69 Å². The third-order valence-electron chi connectivity index (χ3n) is 4.41. The van der Waals surface area contributed by atoms with E-state index in [9.17, 15) is 4.55 Å². The molecule has 7 heteroatoms. The second kappa shape index (κ2) is 6.92. The number of anilines is 1. The highest BCUT2D eigenvalue weighted by molar-refractivity contribution is 7.90. The number of nitrogens with one attached hydrogen (secondary N) is 3. The minimum Gasteiger partial charge on any atom is -0.573 e. The van der Waals surface area contributed by atoms with Crippen molar-refractivity contribution in [3.05, 3.63) is 35.5 Å². The Morgan fingerprint density at radius 3 is 3.00 bits per heavy atom. The molecule has 1 aromatic rings. The standard InChI is InChI=1S/C16H23N5OS/c1-18-9-14(8-17)12-3-4-13-10-21(15-5-6-20(2)11-15)23(22)19-16(13)7-12/h3-4,7-9,15,17-19H,5-6,10-11H2,1-2H3/b14-9+,17-8?. The van der Waals surface area contributed by atoms with Crippen molar-refractivity contribution in [2.24, 2.45) is 0 Å². The lowest BCUT2D eigenvalue weighted by molar-refractivity contribution is 0.303. The molecule has 23 heavy (non-hydrogen) atoms. The molecule has 2 atom stereocenters. The zero-order valence-electron chi connectivity index (χ0n) is 13.5. The van der Waals surface area contributed by atoms with Crippen molar-refractivity contribution in [2.45, 2.75) is 19.0 Å². The van der Waals surface area contributed by atoms with E-state index >= 15 is 0 Å². The van der Waals surface area contributed by atoms with Crippen molar-refractivity contribution in [3.63, 3.8) is 0 Å². The second-order valence-corrected chi connectivity index (χ2v) is 7.21. The molecule has 1 fully saturated rings. The largest absolute Gasteiger partial charge is 0.573 e. The molecule has 6 nitrogen and oxygen atoms in total. The fraction of sp³-hybridized carbons (Fsp3) is 0.438. The number of nitrogens with zero attached hydrogens (tertiary/aromatic N) is 2. The fourth-order valence-corrected chi connectivity index (χ4v) is 4.34. The van der Waals surface area contributed by atoms with Crippen LogP contribution < -0.4 is 10.0 Å². The van der Waals surface area contributed by atoms with Crippen LogP contribution in [0.1, 0.15) is 17.5 Å². The Hall–Kier alpha value is -1.54. The van der Waals surface area contributed by atoms with Gasteiger partial charge in [-0.2, -0.15) is 4.72 Å². The monoisotopic (exact) mass is 333 g/mol. The SMILES string of the molecule is CN/C=C(\C=N)c1ccc2c(c1)N[S+]([O-])N(C1CCN(C)C1)C2. The summed E-state index contributed by atoms with van der Waals surface area (Å²) in [6.45, 7) is 2.72. The van der Waals surface area contributed by atoms with E-state index in [0.29, 0.717) is 12.6 Å². The summed E-state index contributed by atoms with van der Waals surface area (Å²) in [5.41, 5.74) is 3.78. The zero-order valence-corrected chi connectivity index (χ0v) is 14.3. The van der Waals surface area contributed by atoms with Crippen LogP contribution in [-0.4, -0.2) is 53.2 Å². The van der Waals surface area contributed by atoms with Crippen LogP contribution in [0.2, 0.25) is 0 Å². The average molecular weight is 333 g/mol. The third kappa shape index (κ3) is 3.37. The van der Waals surface area contributed by atoms with Gasteiger partial charge in [-0.15, -0.1) is 0 Å². The second-order valence-electron chi connectivity index (χ2n) is 6.04. The first-order chi connectivity index (χ1) is 11.1. The number of likely N-dealkylation sites (N-methyl/N-ethyl adjacent to an activating group) is 1. The summed E-state index contributed by atoms with van der Waals surface area (Å²) >= 11 is -1.21. The molecule has 0 spiro atoms. The highest BCUT2D eigenvalue weighted by Gasteiger charge is 2.37. The molecule has 2 heterocycles. The van der Waals surface area contributed by atoms with Gasteiger partial charge in [-0.3, -0.25) is 0 Å². The van der Waals surface area contributed by atoms with Crippen molar-refractivity contribution in [2.75, 3.05) is 31.9 Å². The molecule has 1 aromatic carbocycles. The smallest absolute Gasteiger partial charge is 0.167 e. The van der Waals surface area contributed by atoms with Gasteiger partial charge in [0.15, 0.2) is 11.5 Å². The Balaban J connectivity index is 1.82. The van der Waals surface area contributed by atoms with Gasteiger partial charge in [0, 0.05) is 31.6 Å². The summed E-state index contributed by atoms with van der Waals surface area (Å²) in [6, 6.07) is 6.39.